The lowest BCUT2D eigenvalue weighted by Crippen LogP contribution is -2.49. The summed E-state index contributed by atoms with van der Waals surface area (Å²) in [7, 11) is 0. The van der Waals surface area contributed by atoms with Gasteiger partial charge in [-0.1, -0.05) is 31.0 Å². The van der Waals surface area contributed by atoms with Crippen molar-refractivity contribution in [2.24, 2.45) is 5.73 Å². The standard InChI is InChI=1S/C20H32N4O2.ClH/c21-14-8-2-1-6-13-19(25)24-15-9-7-12-18(24)16-22-20(26)23-17-10-4-3-5-11-17;/h3-5,10-11,18H,1-2,6-9,12-16,21H2,(H2,22,23,26);1H. The van der Waals surface area contributed by atoms with Gasteiger partial charge in [-0.05, 0) is 50.8 Å². The molecule has 1 heterocycles. The summed E-state index contributed by atoms with van der Waals surface area (Å²) in [5, 5.41) is 5.73. The van der Waals surface area contributed by atoms with Crippen molar-refractivity contribution < 1.29 is 9.59 Å². The molecule has 0 saturated carbocycles. The molecule has 1 saturated heterocycles. The van der Waals surface area contributed by atoms with Gasteiger partial charge in [-0.2, -0.15) is 0 Å². The summed E-state index contributed by atoms with van der Waals surface area (Å²) in [4.78, 5) is 26.6. The number of rotatable bonds is 9. The number of nitrogens with two attached hydrogens (primary N) is 1. The number of anilines is 1. The van der Waals surface area contributed by atoms with E-state index in [0.29, 0.717) is 13.0 Å². The molecule has 0 bridgehead atoms. The first-order valence-electron chi connectivity index (χ1n) is 9.80. The van der Waals surface area contributed by atoms with E-state index < -0.39 is 0 Å². The van der Waals surface area contributed by atoms with Gasteiger partial charge < -0.3 is 21.3 Å². The highest BCUT2D eigenvalue weighted by molar-refractivity contribution is 5.89. The van der Waals surface area contributed by atoms with Crippen LogP contribution >= 0.6 is 12.4 Å². The summed E-state index contributed by atoms with van der Waals surface area (Å²) in [6.07, 6.45) is 7.79. The van der Waals surface area contributed by atoms with Gasteiger partial charge in [-0.25, -0.2) is 4.79 Å². The molecule has 3 amide bonds. The van der Waals surface area contributed by atoms with Crippen molar-refractivity contribution in [1.29, 1.82) is 0 Å². The number of para-hydroxylation sites is 1. The Kier molecular flexibility index (Phi) is 11.5. The number of carbonyl (C=O) groups is 2. The summed E-state index contributed by atoms with van der Waals surface area (Å²) in [6.45, 7) is 2.02. The Morgan fingerprint density at radius 3 is 2.56 bits per heavy atom. The second kappa shape index (κ2) is 13.4. The SMILES string of the molecule is Cl.NCCCCCCC(=O)N1CCCCC1CNC(=O)Nc1ccccc1. The number of likely N-dealkylation sites (tertiary alicyclic amines) is 1. The third kappa shape index (κ3) is 8.63. The zero-order valence-corrected chi connectivity index (χ0v) is 16.8. The van der Waals surface area contributed by atoms with Gasteiger partial charge in [-0.3, -0.25) is 4.79 Å². The summed E-state index contributed by atoms with van der Waals surface area (Å²) in [5.74, 6) is 0.215. The normalized spacial score (nSPS) is 16.3. The highest BCUT2D eigenvalue weighted by atomic mass is 35.5. The second-order valence-corrected chi connectivity index (χ2v) is 6.89. The van der Waals surface area contributed by atoms with Crippen LogP contribution in [-0.2, 0) is 4.79 Å². The number of urea groups is 1. The molecule has 1 atom stereocenters. The highest BCUT2D eigenvalue weighted by Crippen LogP contribution is 2.18. The predicted octanol–water partition coefficient (Wildman–Crippen LogP) is 3.52. The first-order chi connectivity index (χ1) is 12.7. The monoisotopic (exact) mass is 396 g/mol. The summed E-state index contributed by atoms with van der Waals surface area (Å²) >= 11 is 0. The predicted molar refractivity (Wildman–Crippen MR) is 112 cm³/mol. The molecule has 1 aliphatic rings. The number of halogens is 1. The van der Waals surface area contributed by atoms with Crippen molar-refractivity contribution in [2.45, 2.75) is 57.4 Å². The smallest absolute Gasteiger partial charge is 0.319 e. The van der Waals surface area contributed by atoms with Crippen molar-refractivity contribution in [3.05, 3.63) is 30.3 Å². The molecule has 0 radical (unpaired) electrons. The molecular weight excluding hydrogens is 364 g/mol. The van der Waals surface area contributed by atoms with Crippen molar-refractivity contribution in [3.8, 4) is 0 Å². The average molecular weight is 397 g/mol. The minimum atomic E-state index is -0.226. The molecule has 1 aromatic rings. The number of amides is 3. The maximum atomic E-state index is 12.5. The number of carbonyl (C=O) groups excluding carboxylic acids is 2. The van der Waals surface area contributed by atoms with Gasteiger partial charge in [0.25, 0.3) is 0 Å². The van der Waals surface area contributed by atoms with Crippen LogP contribution in [0.25, 0.3) is 0 Å². The lowest BCUT2D eigenvalue weighted by atomic mass is 10.0. The van der Waals surface area contributed by atoms with Gasteiger partial charge in [0.05, 0.1) is 0 Å². The van der Waals surface area contributed by atoms with Gasteiger partial charge in [0.15, 0.2) is 0 Å². The zero-order valence-electron chi connectivity index (χ0n) is 16.0. The van der Waals surface area contributed by atoms with Crippen LogP contribution in [0.4, 0.5) is 10.5 Å². The Morgan fingerprint density at radius 2 is 1.81 bits per heavy atom. The average Bonchev–Trinajstić information content (AvgIpc) is 2.67. The lowest BCUT2D eigenvalue weighted by Gasteiger charge is -2.36. The molecule has 1 aliphatic heterocycles. The summed E-state index contributed by atoms with van der Waals surface area (Å²) in [6, 6.07) is 9.24. The van der Waals surface area contributed by atoms with E-state index >= 15 is 0 Å². The Hall–Kier alpha value is -1.79. The Labute approximate surface area is 168 Å². The van der Waals surface area contributed by atoms with E-state index in [1.54, 1.807) is 0 Å². The molecule has 6 nitrogen and oxygen atoms in total. The minimum Gasteiger partial charge on any atom is -0.338 e. The zero-order chi connectivity index (χ0) is 18.6. The van der Waals surface area contributed by atoms with Crippen molar-refractivity contribution >= 4 is 30.0 Å². The van der Waals surface area contributed by atoms with E-state index in [0.717, 1.165) is 63.7 Å². The van der Waals surface area contributed by atoms with Crippen LogP contribution in [0.2, 0.25) is 0 Å². The number of nitrogens with one attached hydrogen (secondary N) is 2. The molecular formula is C20H33ClN4O2. The number of hydrogen-bond acceptors (Lipinski definition) is 3. The quantitative estimate of drug-likeness (QED) is 0.558. The van der Waals surface area contributed by atoms with E-state index in [-0.39, 0.29) is 30.4 Å². The fraction of sp³-hybridized carbons (Fsp3) is 0.600. The largest absolute Gasteiger partial charge is 0.338 e. The van der Waals surface area contributed by atoms with E-state index in [1.165, 1.54) is 0 Å². The van der Waals surface area contributed by atoms with Crippen LogP contribution in [0.5, 0.6) is 0 Å². The third-order valence-corrected chi connectivity index (χ3v) is 4.82. The van der Waals surface area contributed by atoms with Crippen LogP contribution < -0.4 is 16.4 Å². The van der Waals surface area contributed by atoms with Crippen molar-refractivity contribution in [1.82, 2.24) is 10.2 Å². The number of piperidine rings is 1. The minimum absolute atomic E-state index is 0. The number of benzene rings is 1. The molecule has 0 aliphatic carbocycles. The van der Waals surface area contributed by atoms with Gasteiger partial charge in [0, 0.05) is 31.2 Å². The highest BCUT2D eigenvalue weighted by Gasteiger charge is 2.26. The first-order valence-corrected chi connectivity index (χ1v) is 9.80. The number of hydrogen-bond donors (Lipinski definition) is 3. The maximum Gasteiger partial charge on any atom is 0.319 e. The third-order valence-electron chi connectivity index (χ3n) is 4.82. The molecule has 1 aromatic carbocycles. The molecule has 0 spiro atoms. The maximum absolute atomic E-state index is 12.5. The second-order valence-electron chi connectivity index (χ2n) is 6.89. The van der Waals surface area contributed by atoms with Crippen LogP contribution in [-0.4, -0.2) is 42.5 Å². The fourth-order valence-electron chi connectivity index (χ4n) is 3.37. The van der Waals surface area contributed by atoms with Crippen molar-refractivity contribution in [2.75, 3.05) is 25.0 Å². The molecule has 1 fully saturated rings. The van der Waals surface area contributed by atoms with Crippen molar-refractivity contribution in [3.63, 3.8) is 0 Å². The Balaban J connectivity index is 0.00000364. The van der Waals surface area contributed by atoms with Gasteiger partial charge in [0.2, 0.25) is 5.91 Å². The molecule has 2 rings (SSSR count). The van der Waals surface area contributed by atoms with E-state index in [4.69, 9.17) is 5.73 Å². The van der Waals surface area contributed by atoms with Crippen LogP contribution in [0, 0.1) is 0 Å². The number of unbranched alkanes of at least 4 members (excludes halogenated alkanes) is 3. The molecule has 27 heavy (non-hydrogen) atoms. The van der Waals surface area contributed by atoms with Crippen LogP contribution in [0.3, 0.4) is 0 Å². The molecule has 152 valence electrons. The molecule has 7 heteroatoms. The topological polar surface area (TPSA) is 87.5 Å². The van der Waals surface area contributed by atoms with E-state index in [1.807, 2.05) is 35.2 Å². The molecule has 0 aromatic heterocycles. The van der Waals surface area contributed by atoms with Gasteiger partial charge in [0.1, 0.15) is 0 Å². The number of nitrogens with zero attached hydrogens (tertiary/aromatic N) is 1. The Bertz CT molecular complexity index is 556. The van der Waals surface area contributed by atoms with Gasteiger partial charge in [-0.15, -0.1) is 12.4 Å². The Morgan fingerprint density at radius 1 is 1.07 bits per heavy atom. The fourth-order valence-corrected chi connectivity index (χ4v) is 3.37. The van der Waals surface area contributed by atoms with Crippen LogP contribution in [0.15, 0.2) is 30.3 Å². The lowest BCUT2D eigenvalue weighted by molar-refractivity contribution is -0.134. The van der Waals surface area contributed by atoms with Gasteiger partial charge >= 0.3 is 6.03 Å². The van der Waals surface area contributed by atoms with E-state index in [9.17, 15) is 9.59 Å². The summed E-state index contributed by atoms with van der Waals surface area (Å²) < 4.78 is 0. The molecule has 4 N–H and O–H groups in total. The summed E-state index contributed by atoms with van der Waals surface area (Å²) in [5.41, 5.74) is 6.26. The van der Waals surface area contributed by atoms with E-state index in [2.05, 4.69) is 10.6 Å². The molecule has 1 unspecified atom stereocenters. The van der Waals surface area contributed by atoms with Crippen LogP contribution in [0.1, 0.15) is 51.4 Å². The first kappa shape index (κ1) is 23.2.